The van der Waals surface area contributed by atoms with E-state index in [-0.39, 0.29) is 11.1 Å². The fourth-order valence-corrected chi connectivity index (χ4v) is 1.36. The van der Waals surface area contributed by atoms with Gasteiger partial charge in [-0.1, -0.05) is 12.2 Å². The normalized spacial score (nSPS) is 9.67. The maximum absolute atomic E-state index is 11.9. The smallest absolute Gasteiger partial charge is 0.259 e. The first-order chi connectivity index (χ1) is 7.20. The molecule has 0 aliphatic rings. The zero-order chi connectivity index (χ0) is 11.3. The van der Waals surface area contributed by atoms with E-state index in [2.05, 4.69) is 13.2 Å². The van der Waals surface area contributed by atoms with Gasteiger partial charge in [-0.3, -0.25) is 4.79 Å². The minimum atomic E-state index is -0.187. The van der Waals surface area contributed by atoms with Crippen molar-refractivity contribution >= 4 is 17.5 Å². The lowest BCUT2D eigenvalue weighted by atomic mass is 10.3. The van der Waals surface area contributed by atoms with Gasteiger partial charge in [-0.05, 0) is 17.7 Å². The maximum Gasteiger partial charge on any atom is 0.259 e. The van der Waals surface area contributed by atoms with Crippen LogP contribution in [0.15, 0.2) is 42.1 Å². The number of carbonyl (C=O) groups is 1. The molecular weight excluding hydrogens is 214 g/mol. The van der Waals surface area contributed by atoms with Gasteiger partial charge in [0.2, 0.25) is 5.22 Å². The first-order valence-electron chi connectivity index (χ1n) is 4.44. The van der Waals surface area contributed by atoms with Crippen LogP contribution in [-0.4, -0.2) is 23.9 Å². The molecule has 0 unspecified atom stereocenters. The van der Waals surface area contributed by atoms with E-state index in [4.69, 9.17) is 16.0 Å². The third-order valence-electron chi connectivity index (χ3n) is 1.83. The summed E-state index contributed by atoms with van der Waals surface area (Å²) in [5, 5.41) is 0.109. The van der Waals surface area contributed by atoms with Crippen LogP contribution in [0.1, 0.15) is 10.4 Å². The first-order valence-corrected chi connectivity index (χ1v) is 4.82. The molecule has 0 saturated heterocycles. The van der Waals surface area contributed by atoms with Gasteiger partial charge in [-0.25, -0.2) is 0 Å². The van der Waals surface area contributed by atoms with Gasteiger partial charge in [0.05, 0.1) is 11.8 Å². The van der Waals surface area contributed by atoms with Crippen molar-refractivity contribution < 1.29 is 9.21 Å². The highest BCUT2D eigenvalue weighted by atomic mass is 35.5. The number of amides is 1. The summed E-state index contributed by atoms with van der Waals surface area (Å²) >= 11 is 5.71. The summed E-state index contributed by atoms with van der Waals surface area (Å²) in [5.41, 5.74) is 0.361. The molecule has 0 aliphatic heterocycles. The van der Waals surface area contributed by atoms with E-state index in [1.54, 1.807) is 23.1 Å². The summed E-state index contributed by atoms with van der Waals surface area (Å²) in [4.78, 5) is 13.5. The number of hydrogen-bond acceptors (Lipinski definition) is 2. The molecule has 0 aliphatic carbocycles. The molecule has 80 valence electrons. The van der Waals surface area contributed by atoms with Crippen LogP contribution >= 0.6 is 11.6 Å². The summed E-state index contributed by atoms with van der Waals surface area (Å²) in [7, 11) is 0. The second-order valence-corrected chi connectivity index (χ2v) is 3.24. The van der Waals surface area contributed by atoms with Crippen molar-refractivity contribution in [2.45, 2.75) is 0 Å². The van der Waals surface area contributed by atoms with Crippen molar-refractivity contribution in [1.82, 2.24) is 4.90 Å². The van der Waals surface area contributed by atoms with Gasteiger partial charge in [-0.15, -0.1) is 13.2 Å². The Kier molecular flexibility index (Phi) is 4.18. The second-order valence-electron chi connectivity index (χ2n) is 2.90. The molecule has 1 aromatic rings. The molecule has 1 amide bonds. The molecule has 0 aromatic carbocycles. The van der Waals surface area contributed by atoms with Gasteiger partial charge in [0, 0.05) is 13.1 Å². The van der Waals surface area contributed by atoms with Crippen molar-refractivity contribution in [2.75, 3.05) is 13.1 Å². The number of carbonyl (C=O) groups excluding carboxylic acids is 1. The summed E-state index contributed by atoms with van der Waals surface area (Å²) in [6, 6.07) is 1.55. The van der Waals surface area contributed by atoms with E-state index in [1.807, 2.05) is 0 Å². The van der Waals surface area contributed by atoms with Gasteiger partial charge in [0.15, 0.2) is 0 Å². The lowest BCUT2D eigenvalue weighted by Crippen LogP contribution is -2.31. The number of furan rings is 1. The molecule has 1 rings (SSSR count). The highest BCUT2D eigenvalue weighted by Gasteiger charge is 2.18. The van der Waals surface area contributed by atoms with Crippen LogP contribution < -0.4 is 0 Å². The molecule has 0 saturated carbocycles. The zero-order valence-electron chi connectivity index (χ0n) is 8.28. The van der Waals surface area contributed by atoms with Crippen molar-refractivity contribution in [3.05, 3.63) is 48.4 Å². The van der Waals surface area contributed by atoms with E-state index in [0.717, 1.165) is 0 Å². The second kappa shape index (κ2) is 5.41. The molecule has 0 spiro atoms. The molecule has 3 nitrogen and oxygen atoms in total. The SMILES string of the molecule is C=CCN(CC=C)C(=O)c1ccoc1Cl. The van der Waals surface area contributed by atoms with Gasteiger partial charge in [-0.2, -0.15) is 0 Å². The third-order valence-corrected chi connectivity index (χ3v) is 2.13. The standard InChI is InChI=1S/C11H12ClNO2/c1-3-6-13(7-4-2)11(14)9-5-8-15-10(9)12/h3-5,8H,1-2,6-7H2. The Morgan fingerprint density at radius 2 is 2.07 bits per heavy atom. The molecule has 0 fully saturated rings. The number of hydrogen-bond donors (Lipinski definition) is 0. The first kappa shape index (κ1) is 11.6. The minimum absolute atomic E-state index is 0.109. The Hall–Kier alpha value is -1.48. The molecule has 0 bridgehead atoms. The quantitative estimate of drug-likeness (QED) is 0.722. The molecule has 1 heterocycles. The topological polar surface area (TPSA) is 33.5 Å². The summed E-state index contributed by atoms with van der Waals surface area (Å²) in [6.45, 7) is 8.07. The highest BCUT2D eigenvalue weighted by Crippen LogP contribution is 2.18. The van der Waals surface area contributed by atoms with Crippen LogP contribution in [-0.2, 0) is 0 Å². The minimum Gasteiger partial charge on any atom is -0.452 e. The molecule has 0 N–H and O–H groups in total. The average molecular weight is 226 g/mol. The molecule has 4 heteroatoms. The van der Waals surface area contributed by atoms with Crippen LogP contribution in [0.4, 0.5) is 0 Å². The van der Waals surface area contributed by atoms with Gasteiger partial charge in [0.1, 0.15) is 0 Å². The predicted octanol–water partition coefficient (Wildman–Crippen LogP) is 2.75. The summed E-state index contributed by atoms with van der Waals surface area (Å²) in [5.74, 6) is -0.187. The highest BCUT2D eigenvalue weighted by molar-refractivity contribution is 6.32. The fraction of sp³-hybridized carbons (Fsp3) is 0.182. The largest absolute Gasteiger partial charge is 0.452 e. The summed E-state index contributed by atoms with van der Waals surface area (Å²) in [6.07, 6.45) is 4.68. The van der Waals surface area contributed by atoms with E-state index >= 15 is 0 Å². The van der Waals surface area contributed by atoms with Crippen molar-refractivity contribution in [2.24, 2.45) is 0 Å². The summed E-state index contributed by atoms with van der Waals surface area (Å²) < 4.78 is 4.86. The lowest BCUT2D eigenvalue weighted by molar-refractivity contribution is 0.0790. The van der Waals surface area contributed by atoms with Crippen LogP contribution in [0.25, 0.3) is 0 Å². The molecule has 0 atom stereocenters. The van der Waals surface area contributed by atoms with Crippen molar-refractivity contribution in [1.29, 1.82) is 0 Å². The Morgan fingerprint density at radius 3 is 2.47 bits per heavy atom. The van der Waals surface area contributed by atoms with Crippen LogP contribution in [0.5, 0.6) is 0 Å². The van der Waals surface area contributed by atoms with E-state index in [0.29, 0.717) is 18.7 Å². The lowest BCUT2D eigenvalue weighted by Gasteiger charge is -2.18. The molecule has 0 radical (unpaired) electrons. The Bertz CT molecular complexity index is 360. The fourth-order valence-electron chi connectivity index (χ4n) is 1.17. The number of nitrogens with zero attached hydrogens (tertiary/aromatic N) is 1. The number of rotatable bonds is 5. The maximum atomic E-state index is 11.9. The Morgan fingerprint density at radius 1 is 1.47 bits per heavy atom. The molecule has 1 aromatic heterocycles. The molecular formula is C11H12ClNO2. The predicted molar refractivity (Wildman–Crippen MR) is 60.0 cm³/mol. The average Bonchev–Trinajstić information content (AvgIpc) is 2.63. The van der Waals surface area contributed by atoms with Crippen LogP contribution in [0, 0.1) is 0 Å². The van der Waals surface area contributed by atoms with Crippen molar-refractivity contribution in [3.8, 4) is 0 Å². The van der Waals surface area contributed by atoms with Gasteiger partial charge < -0.3 is 9.32 Å². The van der Waals surface area contributed by atoms with Gasteiger partial charge in [0.25, 0.3) is 5.91 Å². The van der Waals surface area contributed by atoms with Crippen LogP contribution in [0.3, 0.4) is 0 Å². The monoisotopic (exact) mass is 225 g/mol. The zero-order valence-corrected chi connectivity index (χ0v) is 9.04. The number of halogens is 1. The third kappa shape index (κ3) is 2.73. The molecule has 15 heavy (non-hydrogen) atoms. The van der Waals surface area contributed by atoms with E-state index < -0.39 is 0 Å². The Balaban J connectivity index is 2.84. The Labute approximate surface area is 93.6 Å². The van der Waals surface area contributed by atoms with E-state index in [9.17, 15) is 4.79 Å². The van der Waals surface area contributed by atoms with Crippen molar-refractivity contribution in [3.63, 3.8) is 0 Å². The van der Waals surface area contributed by atoms with Crippen LogP contribution in [0.2, 0.25) is 5.22 Å². The van der Waals surface area contributed by atoms with E-state index in [1.165, 1.54) is 6.26 Å². The van der Waals surface area contributed by atoms with Gasteiger partial charge >= 0.3 is 0 Å².